The van der Waals surface area contributed by atoms with Crippen LogP contribution >= 0.6 is 11.8 Å². The van der Waals surface area contributed by atoms with E-state index in [4.69, 9.17) is 4.74 Å². The molecule has 2 atom stereocenters. The van der Waals surface area contributed by atoms with E-state index in [0.717, 1.165) is 11.8 Å². The average molecular weight is 436 g/mol. The van der Waals surface area contributed by atoms with Crippen LogP contribution in [-0.4, -0.2) is 53.5 Å². The van der Waals surface area contributed by atoms with Crippen LogP contribution in [0.3, 0.4) is 0 Å². The maximum absolute atomic E-state index is 12.7. The molecule has 1 saturated heterocycles. The third-order valence-corrected chi connectivity index (χ3v) is 5.64. The van der Waals surface area contributed by atoms with Crippen LogP contribution in [0.5, 0.6) is 5.88 Å². The van der Waals surface area contributed by atoms with E-state index in [1.165, 1.54) is 46.9 Å². The zero-order valence-electron chi connectivity index (χ0n) is 16.0. The van der Waals surface area contributed by atoms with Crippen LogP contribution in [0, 0.1) is 10.1 Å². The zero-order valence-corrected chi connectivity index (χ0v) is 16.8. The number of hydrogen-bond acceptors (Lipinski definition) is 8. The minimum Gasteiger partial charge on any atom is -0.493 e. The lowest BCUT2D eigenvalue weighted by molar-refractivity contribution is -0.384. The number of aromatic hydroxyl groups is 1. The number of amides is 1. The van der Waals surface area contributed by atoms with Crippen molar-refractivity contribution in [1.29, 1.82) is 0 Å². The van der Waals surface area contributed by atoms with Crippen molar-refractivity contribution < 1.29 is 24.4 Å². The SMILES string of the molecule is CC(=O)S[C@H]1C[C@@H](Cn2cc(O)[nH]c2=O)N(C(=O)OCc2ccc([N+](=O)[O-])cc2)C1. The molecule has 0 saturated carbocycles. The molecule has 1 aromatic carbocycles. The Morgan fingerprint density at radius 1 is 1.37 bits per heavy atom. The molecule has 11 nitrogen and oxygen atoms in total. The molecule has 1 fully saturated rings. The van der Waals surface area contributed by atoms with E-state index >= 15 is 0 Å². The quantitative estimate of drug-likeness (QED) is 0.515. The number of benzene rings is 1. The minimum absolute atomic E-state index is 0.0611. The first kappa shape index (κ1) is 21.4. The summed E-state index contributed by atoms with van der Waals surface area (Å²) in [5.41, 5.74) is 0.0227. The molecule has 1 amide bonds. The molecule has 1 aliphatic heterocycles. The van der Waals surface area contributed by atoms with Gasteiger partial charge in [0, 0.05) is 37.4 Å². The Bertz CT molecular complexity index is 1000. The van der Waals surface area contributed by atoms with Gasteiger partial charge in [0.2, 0.25) is 5.88 Å². The Morgan fingerprint density at radius 2 is 2.07 bits per heavy atom. The Morgan fingerprint density at radius 3 is 2.63 bits per heavy atom. The standard InChI is InChI=1S/C18H20N4O7S/c1-11(23)30-15-6-14(7-20-9-16(24)19-17(20)25)21(8-15)18(26)29-10-12-2-4-13(5-3-12)22(27)28/h2-5,9,14-15,24H,6-8,10H2,1H3,(H,19,25)/t14-,15-/m0/s1. The van der Waals surface area contributed by atoms with Gasteiger partial charge in [-0.25, -0.2) is 9.59 Å². The second-order valence-electron chi connectivity index (χ2n) is 6.85. The van der Waals surface area contributed by atoms with Crippen molar-refractivity contribution in [3.63, 3.8) is 0 Å². The summed E-state index contributed by atoms with van der Waals surface area (Å²) in [6, 6.07) is 5.25. The van der Waals surface area contributed by atoms with Crippen molar-refractivity contribution in [3.05, 3.63) is 56.6 Å². The highest BCUT2D eigenvalue weighted by Gasteiger charge is 2.37. The van der Waals surface area contributed by atoms with Gasteiger partial charge in [0.05, 0.1) is 17.2 Å². The molecule has 2 heterocycles. The maximum Gasteiger partial charge on any atom is 0.410 e. The molecule has 0 aliphatic carbocycles. The lowest BCUT2D eigenvalue weighted by atomic mass is 10.2. The van der Waals surface area contributed by atoms with Crippen molar-refractivity contribution >= 4 is 28.7 Å². The van der Waals surface area contributed by atoms with Gasteiger partial charge in [-0.1, -0.05) is 11.8 Å². The number of likely N-dealkylation sites (tertiary alicyclic amines) is 1. The van der Waals surface area contributed by atoms with E-state index in [2.05, 4.69) is 4.98 Å². The predicted molar refractivity (Wildman–Crippen MR) is 107 cm³/mol. The van der Waals surface area contributed by atoms with Crippen molar-refractivity contribution in [2.45, 2.75) is 37.8 Å². The molecule has 2 N–H and O–H groups in total. The van der Waals surface area contributed by atoms with Crippen LogP contribution in [0.15, 0.2) is 35.3 Å². The second-order valence-corrected chi connectivity index (χ2v) is 8.33. The maximum atomic E-state index is 12.7. The van der Waals surface area contributed by atoms with Gasteiger partial charge < -0.3 is 14.7 Å². The van der Waals surface area contributed by atoms with Gasteiger partial charge in [-0.3, -0.25) is 24.5 Å². The molecule has 1 aromatic heterocycles. The Hall–Kier alpha value is -3.28. The number of nitrogens with zero attached hydrogens (tertiary/aromatic N) is 3. The second kappa shape index (κ2) is 9.03. The summed E-state index contributed by atoms with van der Waals surface area (Å²) in [4.78, 5) is 49.9. The molecule has 2 aromatic rings. The fraction of sp³-hybridized carbons (Fsp3) is 0.389. The summed E-state index contributed by atoms with van der Waals surface area (Å²) >= 11 is 1.13. The number of thioether (sulfide) groups is 1. The van der Waals surface area contributed by atoms with E-state index in [1.54, 1.807) is 0 Å². The molecule has 160 valence electrons. The molecule has 0 spiro atoms. The van der Waals surface area contributed by atoms with Crippen LogP contribution in [0.2, 0.25) is 0 Å². The highest BCUT2D eigenvalue weighted by atomic mass is 32.2. The van der Waals surface area contributed by atoms with E-state index in [1.807, 2.05) is 0 Å². The fourth-order valence-corrected chi connectivity index (χ4v) is 4.34. The first-order valence-electron chi connectivity index (χ1n) is 9.05. The third-order valence-electron chi connectivity index (χ3n) is 4.63. The molecule has 12 heteroatoms. The summed E-state index contributed by atoms with van der Waals surface area (Å²) in [6.07, 6.45) is 1.11. The topological polar surface area (TPSA) is 148 Å². The highest BCUT2D eigenvalue weighted by Crippen LogP contribution is 2.29. The van der Waals surface area contributed by atoms with Crippen molar-refractivity contribution in [3.8, 4) is 5.88 Å². The third kappa shape index (κ3) is 5.20. The highest BCUT2D eigenvalue weighted by molar-refractivity contribution is 8.14. The molecule has 0 bridgehead atoms. The van der Waals surface area contributed by atoms with Crippen LogP contribution in [0.1, 0.15) is 18.9 Å². The fourth-order valence-electron chi connectivity index (χ4n) is 3.31. The lowest BCUT2D eigenvalue weighted by Crippen LogP contribution is -2.40. The van der Waals surface area contributed by atoms with Gasteiger partial charge >= 0.3 is 11.8 Å². The van der Waals surface area contributed by atoms with E-state index in [-0.39, 0.29) is 41.6 Å². The van der Waals surface area contributed by atoms with Crippen LogP contribution in [0.25, 0.3) is 0 Å². The molecule has 0 radical (unpaired) electrons. The summed E-state index contributed by atoms with van der Waals surface area (Å²) in [7, 11) is 0. The van der Waals surface area contributed by atoms with Gasteiger partial charge in [0.25, 0.3) is 5.69 Å². The number of ether oxygens (including phenoxy) is 1. The minimum atomic E-state index is -0.613. The smallest absolute Gasteiger partial charge is 0.410 e. The van der Waals surface area contributed by atoms with Crippen molar-refractivity contribution in [2.24, 2.45) is 0 Å². The number of nitro groups is 1. The molecule has 0 unspecified atom stereocenters. The number of rotatable bonds is 6. The number of hydrogen-bond donors (Lipinski definition) is 2. The number of aromatic amines is 1. The molecular formula is C18H20N4O7S. The van der Waals surface area contributed by atoms with Gasteiger partial charge in [-0.2, -0.15) is 0 Å². The summed E-state index contributed by atoms with van der Waals surface area (Å²) in [6.45, 7) is 1.79. The molecule has 1 aliphatic rings. The molecular weight excluding hydrogens is 416 g/mol. The first-order valence-corrected chi connectivity index (χ1v) is 9.93. The van der Waals surface area contributed by atoms with Crippen molar-refractivity contribution in [1.82, 2.24) is 14.5 Å². The van der Waals surface area contributed by atoms with Crippen LogP contribution < -0.4 is 5.69 Å². The van der Waals surface area contributed by atoms with Gasteiger partial charge in [-0.15, -0.1) is 0 Å². The number of aromatic nitrogens is 2. The number of H-pyrrole nitrogens is 1. The number of nitro benzene ring substituents is 1. The summed E-state index contributed by atoms with van der Waals surface area (Å²) < 4.78 is 6.61. The van der Waals surface area contributed by atoms with Crippen LogP contribution in [-0.2, 0) is 22.7 Å². The largest absolute Gasteiger partial charge is 0.493 e. The van der Waals surface area contributed by atoms with Gasteiger partial charge in [0.15, 0.2) is 5.12 Å². The monoisotopic (exact) mass is 436 g/mol. The normalized spacial score (nSPS) is 18.4. The molecule has 30 heavy (non-hydrogen) atoms. The lowest BCUT2D eigenvalue weighted by Gasteiger charge is -2.24. The van der Waals surface area contributed by atoms with Gasteiger partial charge in [-0.05, 0) is 24.1 Å². The van der Waals surface area contributed by atoms with E-state index in [9.17, 15) is 29.6 Å². The first-order chi connectivity index (χ1) is 14.2. The number of carbonyl (C=O) groups excluding carboxylic acids is 2. The molecule has 3 rings (SSSR count). The Labute approximate surface area is 174 Å². The van der Waals surface area contributed by atoms with Crippen LogP contribution in [0.4, 0.5) is 10.5 Å². The number of nitrogens with one attached hydrogen (secondary N) is 1. The van der Waals surface area contributed by atoms with Crippen molar-refractivity contribution in [2.75, 3.05) is 6.54 Å². The summed E-state index contributed by atoms with van der Waals surface area (Å²) in [5, 5.41) is 20.0. The van der Waals surface area contributed by atoms with Gasteiger partial charge in [0.1, 0.15) is 6.61 Å². The number of non-ortho nitro benzene ring substituents is 1. The average Bonchev–Trinajstić information content (AvgIpc) is 3.21. The number of carbonyl (C=O) groups is 2. The Balaban J connectivity index is 1.68. The Kier molecular flexibility index (Phi) is 6.45. The summed E-state index contributed by atoms with van der Waals surface area (Å²) in [5.74, 6) is -0.278. The van der Waals surface area contributed by atoms with E-state index < -0.39 is 22.7 Å². The number of imidazole rings is 1. The van der Waals surface area contributed by atoms with E-state index in [0.29, 0.717) is 12.0 Å². The zero-order chi connectivity index (χ0) is 21.8. The predicted octanol–water partition coefficient (Wildman–Crippen LogP) is 1.85.